The number of nitrogens with two attached hydrogens (primary N) is 1. The molecule has 0 aliphatic carbocycles. The van der Waals surface area contributed by atoms with E-state index in [1.165, 1.54) is 25.7 Å². The Labute approximate surface area is 117 Å². The summed E-state index contributed by atoms with van der Waals surface area (Å²) in [6.07, 6.45) is 10.1. The van der Waals surface area contributed by atoms with Crippen LogP contribution in [0.5, 0.6) is 0 Å². The summed E-state index contributed by atoms with van der Waals surface area (Å²) in [6.45, 7) is 2.54. The molecule has 4 nitrogen and oxygen atoms in total. The van der Waals surface area contributed by atoms with Gasteiger partial charge in [0.2, 0.25) is 5.91 Å². The van der Waals surface area contributed by atoms with Crippen LogP contribution >= 0.6 is 0 Å². The van der Waals surface area contributed by atoms with Crippen molar-refractivity contribution < 1.29 is 9.53 Å². The van der Waals surface area contributed by atoms with Gasteiger partial charge in [0.25, 0.3) is 0 Å². The molecule has 0 atom stereocenters. The van der Waals surface area contributed by atoms with E-state index in [1.807, 2.05) is 4.90 Å². The molecule has 19 heavy (non-hydrogen) atoms. The van der Waals surface area contributed by atoms with Gasteiger partial charge in [-0.2, -0.15) is 0 Å². The van der Waals surface area contributed by atoms with E-state index in [-0.39, 0.29) is 0 Å². The Balaban J connectivity index is 1.99. The number of methoxy groups -OCH3 is 1. The van der Waals surface area contributed by atoms with Crippen molar-refractivity contribution in [1.29, 1.82) is 0 Å². The van der Waals surface area contributed by atoms with Gasteiger partial charge in [-0.1, -0.05) is 25.7 Å². The van der Waals surface area contributed by atoms with Crippen molar-refractivity contribution in [1.82, 2.24) is 4.90 Å². The average molecular weight is 270 g/mol. The number of hydrogen-bond acceptors (Lipinski definition) is 3. The average Bonchev–Trinajstić information content (AvgIpc) is 2.46. The minimum atomic E-state index is 0.330. The minimum absolute atomic E-state index is 0.330. The van der Waals surface area contributed by atoms with Gasteiger partial charge in [-0.3, -0.25) is 4.79 Å². The summed E-state index contributed by atoms with van der Waals surface area (Å²) in [5.41, 5.74) is 5.45. The first-order valence-electron chi connectivity index (χ1n) is 7.78. The molecule has 4 heteroatoms. The lowest BCUT2D eigenvalue weighted by Gasteiger charge is -2.31. The van der Waals surface area contributed by atoms with Crippen molar-refractivity contribution in [2.75, 3.05) is 26.7 Å². The van der Waals surface area contributed by atoms with Crippen molar-refractivity contribution >= 4 is 5.91 Å². The summed E-state index contributed by atoms with van der Waals surface area (Å²) in [5, 5.41) is 0. The van der Waals surface area contributed by atoms with Crippen LogP contribution in [0.2, 0.25) is 0 Å². The lowest BCUT2D eigenvalue weighted by atomic mass is 10.1. The first kappa shape index (κ1) is 16.4. The van der Waals surface area contributed by atoms with E-state index in [1.54, 1.807) is 7.11 Å². The maximum absolute atomic E-state index is 12.0. The number of rotatable bonds is 9. The van der Waals surface area contributed by atoms with Crippen LogP contribution in [0.4, 0.5) is 0 Å². The zero-order chi connectivity index (χ0) is 13.9. The highest BCUT2D eigenvalue weighted by Gasteiger charge is 2.21. The van der Waals surface area contributed by atoms with Gasteiger partial charge in [-0.05, 0) is 32.2 Å². The van der Waals surface area contributed by atoms with Crippen LogP contribution in [-0.4, -0.2) is 43.7 Å². The maximum atomic E-state index is 12.0. The Hall–Kier alpha value is -0.610. The van der Waals surface area contributed by atoms with Crippen molar-refractivity contribution in [2.24, 2.45) is 5.73 Å². The quantitative estimate of drug-likeness (QED) is 0.654. The van der Waals surface area contributed by atoms with Crippen LogP contribution in [0.25, 0.3) is 0 Å². The highest BCUT2D eigenvalue weighted by atomic mass is 16.5. The molecule has 1 aliphatic rings. The second kappa shape index (κ2) is 10.2. The molecule has 0 aromatic heterocycles. The standard InChI is InChI=1S/C15H30N2O2/c1-19-14-9-12-17(13-10-14)15(18)8-6-4-2-3-5-7-11-16/h14H,2-13,16H2,1H3. The molecule has 1 aliphatic heterocycles. The Morgan fingerprint density at radius 3 is 2.26 bits per heavy atom. The van der Waals surface area contributed by atoms with Crippen LogP contribution in [0.15, 0.2) is 0 Å². The van der Waals surface area contributed by atoms with Crippen molar-refractivity contribution in [3.8, 4) is 0 Å². The van der Waals surface area contributed by atoms with Crippen molar-refractivity contribution in [3.63, 3.8) is 0 Å². The molecular formula is C15H30N2O2. The molecule has 1 amide bonds. The third kappa shape index (κ3) is 6.92. The number of piperidine rings is 1. The first-order valence-corrected chi connectivity index (χ1v) is 7.78. The number of amides is 1. The SMILES string of the molecule is COC1CCN(C(=O)CCCCCCCCN)CC1. The van der Waals surface area contributed by atoms with Gasteiger partial charge in [0.05, 0.1) is 6.10 Å². The monoisotopic (exact) mass is 270 g/mol. The predicted molar refractivity (Wildman–Crippen MR) is 78.0 cm³/mol. The molecule has 112 valence electrons. The topological polar surface area (TPSA) is 55.6 Å². The van der Waals surface area contributed by atoms with Gasteiger partial charge in [0, 0.05) is 26.6 Å². The highest BCUT2D eigenvalue weighted by molar-refractivity contribution is 5.76. The Bertz CT molecular complexity index is 238. The van der Waals surface area contributed by atoms with Gasteiger partial charge in [0.1, 0.15) is 0 Å². The van der Waals surface area contributed by atoms with E-state index in [0.717, 1.165) is 45.3 Å². The van der Waals surface area contributed by atoms with Gasteiger partial charge < -0.3 is 15.4 Å². The molecule has 0 saturated carbocycles. The molecule has 1 heterocycles. The number of nitrogens with zero attached hydrogens (tertiary/aromatic N) is 1. The number of likely N-dealkylation sites (tertiary alicyclic amines) is 1. The molecular weight excluding hydrogens is 240 g/mol. The summed E-state index contributed by atoms with van der Waals surface area (Å²) < 4.78 is 5.32. The Morgan fingerprint density at radius 1 is 1.11 bits per heavy atom. The van der Waals surface area contributed by atoms with Crippen LogP contribution in [0.3, 0.4) is 0 Å². The number of carbonyl (C=O) groups is 1. The molecule has 1 fully saturated rings. The van der Waals surface area contributed by atoms with Gasteiger partial charge in [0.15, 0.2) is 0 Å². The molecule has 1 saturated heterocycles. The van der Waals surface area contributed by atoms with Crippen molar-refractivity contribution in [2.45, 2.75) is 63.9 Å². The number of hydrogen-bond donors (Lipinski definition) is 1. The molecule has 0 aromatic rings. The van der Waals surface area contributed by atoms with Gasteiger partial charge >= 0.3 is 0 Å². The fourth-order valence-electron chi connectivity index (χ4n) is 2.63. The number of ether oxygens (including phenoxy) is 1. The summed E-state index contributed by atoms with van der Waals surface area (Å²) >= 11 is 0. The minimum Gasteiger partial charge on any atom is -0.381 e. The number of carbonyl (C=O) groups excluding carboxylic acids is 1. The van der Waals surface area contributed by atoms with E-state index in [4.69, 9.17) is 10.5 Å². The van der Waals surface area contributed by atoms with Crippen LogP contribution in [0, 0.1) is 0 Å². The Morgan fingerprint density at radius 2 is 1.68 bits per heavy atom. The lowest BCUT2D eigenvalue weighted by Crippen LogP contribution is -2.40. The van der Waals surface area contributed by atoms with Crippen LogP contribution in [0.1, 0.15) is 57.8 Å². The van der Waals surface area contributed by atoms with E-state index < -0.39 is 0 Å². The van der Waals surface area contributed by atoms with E-state index in [0.29, 0.717) is 18.4 Å². The fraction of sp³-hybridized carbons (Fsp3) is 0.933. The summed E-state index contributed by atoms with van der Waals surface area (Å²) in [4.78, 5) is 14.0. The van der Waals surface area contributed by atoms with Crippen molar-refractivity contribution in [3.05, 3.63) is 0 Å². The lowest BCUT2D eigenvalue weighted by molar-refractivity contribution is -0.133. The summed E-state index contributed by atoms with van der Waals surface area (Å²) in [7, 11) is 1.76. The van der Waals surface area contributed by atoms with Gasteiger partial charge in [-0.25, -0.2) is 0 Å². The highest BCUT2D eigenvalue weighted by Crippen LogP contribution is 2.15. The van der Waals surface area contributed by atoms with E-state index >= 15 is 0 Å². The third-order valence-electron chi connectivity index (χ3n) is 3.97. The molecule has 0 spiro atoms. The molecule has 1 rings (SSSR count). The molecule has 0 aromatic carbocycles. The normalized spacial score (nSPS) is 16.8. The molecule has 0 unspecified atom stereocenters. The largest absolute Gasteiger partial charge is 0.381 e. The molecule has 0 radical (unpaired) electrons. The molecule has 0 bridgehead atoms. The molecule has 2 N–H and O–H groups in total. The predicted octanol–water partition coefficient (Wildman–Crippen LogP) is 2.31. The van der Waals surface area contributed by atoms with Crippen LogP contribution in [-0.2, 0) is 9.53 Å². The fourth-order valence-corrected chi connectivity index (χ4v) is 2.63. The second-order valence-electron chi connectivity index (χ2n) is 5.48. The summed E-state index contributed by atoms with van der Waals surface area (Å²) in [5.74, 6) is 0.330. The smallest absolute Gasteiger partial charge is 0.222 e. The first-order chi connectivity index (χ1) is 9.27. The maximum Gasteiger partial charge on any atom is 0.222 e. The second-order valence-corrected chi connectivity index (χ2v) is 5.48. The van der Waals surface area contributed by atoms with E-state index in [9.17, 15) is 4.79 Å². The van der Waals surface area contributed by atoms with Gasteiger partial charge in [-0.15, -0.1) is 0 Å². The number of unbranched alkanes of at least 4 members (excludes halogenated alkanes) is 5. The summed E-state index contributed by atoms with van der Waals surface area (Å²) in [6, 6.07) is 0. The van der Waals surface area contributed by atoms with Crippen LogP contribution < -0.4 is 5.73 Å². The van der Waals surface area contributed by atoms with E-state index in [2.05, 4.69) is 0 Å². The third-order valence-corrected chi connectivity index (χ3v) is 3.97. The zero-order valence-corrected chi connectivity index (χ0v) is 12.4. The zero-order valence-electron chi connectivity index (χ0n) is 12.4. The Kier molecular flexibility index (Phi) is 8.84.